The average molecular weight is 568 g/mol. The van der Waals surface area contributed by atoms with Crippen molar-refractivity contribution in [2.24, 2.45) is 5.73 Å². The minimum absolute atomic E-state index is 0.0678. The van der Waals surface area contributed by atoms with Gasteiger partial charge in [-0.3, -0.25) is 9.59 Å². The number of benzene rings is 1. The van der Waals surface area contributed by atoms with Crippen molar-refractivity contribution in [3.8, 4) is 0 Å². The summed E-state index contributed by atoms with van der Waals surface area (Å²) in [5.41, 5.74) is 7.20. The number of amides is 2. The lowest BCUT2D eigenvalue weighted by molar-refractivity contribution is -0.173. The predicted octanol–water partition coefficient (Wildman–Crippen LogP) is 5.60. The van der Waals surface area contributed by atoms with Crippen molar-refractivity contribution in [1.29, 1.82) is 0 Å². The summed E-state index contributed by atoms with van der Waals surface area (Å²) in [7, 11) is 0. The van der Waals surface area contributed by atoms with Crippen LogP contribution in [0.1, 0.15) is 68.2 Å². The summed E-state index contributed by atoms with van der Waals surface area (Å²) in [5.74, 6) is -1.30. The van der Waals surface area contributed by atoms with Crippen LogP contribution in [0.3, 0.4) is 0 Å². The van der Waals surface area contributed by atoms with Gasteiger partial charge in [-0.1, -0.05) is 30.3 Å². The van der Waals surface area contributed by atoms with E-state index in [2.05, 4.69) is 31.7 Å². The second-order valence-electron chi connectivity index (χ2n) is 8.59. The minimum Gasteiger partial charge on any atom is -0.365 e. The van der Waals surface area contributed by atoms with Crippen LogP contribution in [-0.4, -0.2) is 27.8 Å². The minimum atomic E-state index is -4.57. The van der Waals surface area contributed by atoms with E-state index in [0.717, 1.165) is 34.4 Å². The van der Waals surface area contributed by atoms with E-state index in [1.54, 1.807) is 30.3 Å². The van der Waals surface area contributed by atoms with Gasteiger partial charge in [0.2, 0.25) is 0 Å². The first-order valence-corrected chi connectivity index (χ1v) is 12.7. The molecule has 0 saturated heterocycles. The van der Waals surface area contributed by atoms with Crippen molar-refractivity contribution in [2.75, 3.05) is 10.6 Å². The third-order valence-corrected chi connectivity index (χ3v) is 8.32. The number of halogens is 4. The molecule has 0 spiro atoms. The Balaban J connectivity index is 1.50. The van der Waals surface area contributed by atoms with Crippen molar-refractivity contribution in [3.05, 3.63) is 62.1 Å². The van der Waals surface area contributed by atoms with Crippen LogP contribution < -0.4 is 16.4 Å². The van der Waals surface area contributed by atoms with Crippen LogP contribution in [0.15, 0.2) is 34.8 Å². The summed E-state index contributed by atoms with van der Waals surface area (Å²) < 4.78 is 43.0. The lowest BCUT2D eigenvalue weighted by atomic mass is 9.95. The molecule has 3 heterocycles. The fourth-order valence-electron chi connectivity index (χ4n) is 4.72. The number of hydrogen-bond donors (Lipinski definition) is 3. The van der Waals surface area contributed by atoms with E-state index in [0.29, 0.717) is 17.0 Å². The van der Waals surface area contributed by atoms with Crippen LogP contribution in [0.5, 0.6) is 0 Å². The molecule has 2 aromatic heterocycles. The van der Waals surface area contributed by atoms with Crippen LogP contribution in [0.2, 0.25) is 0 Å². The van der Waals surface area contributed by atoms with Crippen molar-refractivity contribution >= 4 is 49.9 Å². The fraction of sp³-hybridized carbons (Fsp3) is 0.348. The Labute approximate surface area is 211 Å². The zero-order valence-electron chi connectivity index (χ0n) is 18.3. The van der Waals surface area contributed by atoms with Crippen molar-refractivity contribution in [1.82, 2.24) is 9.78 Å². The van der Waals surface area contributed by atoms with Crippen LogP contribution in [0.25, 0.3) is 0 Å². The maximum atomic E-state index is 14.0. The molecule has 0 bridgehead atoms. The summed E-state index contributed by atoms with van der Waals surface area (Å²) in [6, 6.07) is 6.28. The Morgan fingerprint density at radius 2 is 1.91 bits per heavy atom. The molecule has 1 aliphatic heterocycles. The number of hydrogen-bond acceptors (Lipinski definition) is 5. The van der Waals surface area contributed by atoms with Gasteiger partial charge in [-0.2, -0.15) is 18.3 Å². The number of thiophene rings is 1. The number of nitrogens with two attached hydrogens (primary N) is 1. The fourth-order valence-corrected chi connectivity index (χ4v) is 6.56. The molecule has 0 saturated carbocycles. The van der Waals surface area contributed by atoms with Gasteiger partial charge in [0.25, 0.3) is 11.8 Å². The number of alkyl halides is 3. The maximum Gasteiger partial charge on any atom is 0.410 e. The van der Waals surface area contributed by atoms with E-state index in [1.807, 2.05) is 0 Å². The zero-order chi connectivity index (χ0) is 24.9. The molecule has 5 rings (SSSR count). The molecule has 35 heavy (non-hydrogen) atoms. The summed E-state index contributed by atoms with van der Waals surface area (Å²) in [5, 5.41) is 10.1. The molecule has 2 amide bonds. The Kier molecular flexibility index (Phi) is 6.12. The van der Waals surface area contributed by atoms with E-state index in [4.69, 9.17) is 5.73 Å². The normalized spacial score (nSPS) is 19.4. The lowest BCUT2D eigenvalue weighted by Gasteiger charge is -2.33. The molecule has 0 radical (unpaired) electrons. The maximum absolute atomic E-state index is 14.0. The van der Waals surface area contributed by atoms with Crippen molar-refractivity contribution < 1.29 is 22.8 Å². The quantitative estimate of drug-likeness (QED) is 0.382. The highest BCUT2D eigenvalue weighted by atomic mass is 79.9. The molecule has 0 fully saturated rings. The number of rotatable bonds is 4. The van der Waals surface area contributed by atoms with Crippen LogP contribution >= 0.6 is 27.3 Å². The number of nitrogens with zero attached hydrogens (tertiary/aromatic N) is 2. The number of anilines is 2. The molecule has 12 heteroatoms. The first-order valence-electron chi connectivity index (χ1n) is 11.1. The van der Waals surface area contributed by atoms with Crippen LogP contribution in [-0.2, 0) is 12.8 Å². The Hall–Kier alpha value is -2.86. The second-order valence-corrected chi connectivity index (χ2v) is 10.5. The van der Waals surface area contributed by atoms with Gasteiger partial charge in [-0.25, -0.2) is 4.68 Å². The number of fused-ring (bicyclic) bond motifs is 2. The topological polar surface area (TPSA) is 102 Å². The van der Waals surface area contributed by atoms with Gasteiger partial charge in [0.05, 0.1) is 16.1 Å². The molecule has 3 aromatic rings. The van der Waals surface area contributed by atoms with Gasteiger partial charge in [0.1, 0.15) is 10.8 Å². The number of carbonyl (C=O) groups is 2. The van der Waals surface area contributed by atoms with Crippen LogP contribution in [0.4, 0.5) is 24.0 Å². The molecule has 1 aliphatic carbocycles. The van der Waals surface area contributed by atoms with E-state index < -0.39 is 30.1 Å². The third kappa shape index (κ3) is 4.33. The zero-order valence-corrected chi connectivity index (χ0v) is 20.7. The lowest BCUT2D eigenvalue weighted by Crippen LogP contribution is -2.35. The summed E-state index contributed by atoms with van der Waals surface area (Å²) in [6.07, 6.45) is -1.47. The predicted molar refractivity (Wildman–Crippen MR) is 130 cm³/mol. The number of aromatic nitrogens is 2. The van der Waals surface area contributed by atoms with Gasteiger partial charge in [-0.15, -0.1) is 11.3 Å². The van der Waals surface area contributed by atoms with Gasteiger partial charge in [-0.05, 0) is 52.7 Å². The van der Waals surface area contributed by atoms with Crippen molar-refractivity contribution in [3.63, 3.8) is 0 Å². The van der Waals surface area contributed by atoms with Crippen molar-refractivity contribution in [2.45, 2.75) is 50.4 Å². The molecular formula is C23H21BrF3N5O2S. The highest BCUT2D eigenvalue weighted by Gasteiger charge is 2.47. The molecule has 0 unspecified atom stereocenters. The van der Waals surface area contributed by atoms with E-state index >= 15 is 0 Å². The largest absolute Gasteiger partial charge is 0.410 e. The molecule has 4 N–H and O–H groups in total. The molecule has 2 aliphatic rings. The monoisotopic (exact) mass is 567 g/mol. The molecule has 184 valence electrons. The number of carbonyl (C=O) groups excluding carboxylic acids is 2. The standard InChI is InChI=1S/C23H21BrF3N5O2S/c24-17-18(21(34)30-22-16(19(28)33)12-8-4-5-9-14(12)35-22)31-32-15(23(25,26)27)10-13(29-20(17)32)11-6-2-1-3-7-11/h1-3,6-7,13,15,29H,4-5,8-10H2,(H2,28,33)(H,30,34)/t13-,15+/m1/s1. The highest BCUT2D eigenvalue weighted by Crippen LogP contribution is 2.46. The van der Waals surface area contributed by atoms with Gasteiger partial charge in [0, 0.05) is 11.3 Å². The molecular weight excluding hydrogens is 547 g/mol. The highest BCUT2D eigenvalue weighted by molar-refractivity contribution is 9.10. The Morgan fingerprint density at radius 1 is 1.20 bits per heavy atom. The SMILES string of the molecule is NC(=O)c1c(NC(=O)c2nn3c(c2Br)N[C@@H](c2ccccc2)C[C@H]3C(F)(F)F)sc2c1CCCC2. The van der Waals surface area contributed by atoms with Gasteiger partial charge >= 0.3 is 6.18 Å². The number of aryl methyl sites for hydroxylation is 1. The van der Waals surface area contributed by atoms with E-state index in [-0.39, 0.29) is 28.0 Å². The Bertz CT molecular complexity index is 1300. The third-order valence-electron chi connectivity index (χ3n) is 6.36. The van der Waals surface area contributed by atoms with Gasteiger partial charge < -0.3 is 16.4 Å². The summed E-state index contributed by atoms with van der Waals surface area (Å²) in [4.78, 5) is 26.3. The van der Waals surface area contributed by atoms with Crippen LogP contribution in [0, 0.1) is 0 Å². The first-order chi connectivity index (χ1) is 16.6. The number of primary amides is 1. The van der Waals surface area contributed by atoms with E-state index in [9.17, 15) is 22.8 Å². The summed E-state index contributed by atoms with van der Waals surface area (Å²) in [6.45, 7) is 0. The second kappa shape index (κ2) is 8.98. The molecule has 2 atom stereocenters. The molecule has 1 aromatic carbocycles. The molecule has 7 nitrogen and oxygen atoms in total. The summed E-state index contributed by atoms with van der Waals surface area (Å²) >= 11 is 4.57. The number of nitrogens with one attached hydrogen (secondary N) is 2. The smallest absolute Gasteiger partial charge is 0.365 e. The average Bonchev–Trinajstić information content (AvgIpc) is 3.35. The van der Waals surface area contributed by atoms with Gasteiger partial charge in [0.15, 0.2) is 11.7 Å². The first kappa shape index (κ1) is 23.9. The Morgan fingerprint density at radius 3 is 2.60 bits per heavy atom. The van der Waals surface area contributed by atoms with E-state index in [1.165, 1.54) is 11.3 Å².